The van der Waals surface area contributed by atoms with Crippen LogP contribution in [0.1, 0.15) is 13.8 Å². The smallest absolute Gasteiger partial charge is 0.142 e. The van der Waals surface area contributed by atoms with Gasteiger partial charge < -0.3 is 15.6 Å². The summed E-state index contributed by atoms with van der Waals surface area (Å²) in [5.41, 5.74) is 6.40. The normalized spacial score (nSPS) is 14.4. The number of anilines is 1. The number of ether oxygens (including phenoxy) is 1. The van der Waals surface area contributed by atoms with Crippen LogP contribution in [0.2, 0.25) is 0 Å². The first-order valence-corrected chi connectivity index (χ1v) is 6.43. The lowest BCUT2D eigenvalue weighted by Gasteiger charge is -2.14. The molecule has 1 aromatic rings. The van der Waals surface area contributed by atoms with Gasteiger partial charge in [0, 0.05) is 11.0 Å². The Hall–Kier alpha value is -0.870. The number of thioether (sulfide) groups is 1. The monoisotopic (exact) mass is 241 g/mol. The Labute approximate surface area is 101 Å². The first-order chi connectivity index (χ1) is 7.61. The molecule has 0 radical (unpaired) electrons. The fourth-order valence-corrected chi connectivity index (χ4v) is 1.97. The highest BCUT2D eigenvalue weighted by atomic mass is 32.2. The number of hydrogen-bond donors (Lipinski definition) is 2. The molecule has 0 fully saturated rings. The molecule has 3 nitrogen and oxygen atoms in total. The summed E-state index contributed by atoms with van der Waals surface area (Å²) in [6.07, 6.45) is -0.285. The van der Waals surface area contributed by atoms with Gasteiger partial charge in [-0.25, -0.2) is 0 Å². The first kappa shape index (κ1) is 13.2. The maximum atomic E-state index is 9.30. The number of hydrogen-bond acceptors (Lipinski definition) is 4. The van der Waals surface area contributed by atoms with Gasteiger partial charge in [-0.15, -0.1) is 0 Å². The second kappa shape index (κ2) is 6.66. The lowest BCUT2D eigenvalue weighted by Crippen LogP contribution is -2.17. The summed E-state index contributed by atoms with van der Waals surface area (Å²) in [6, 6.07) is 7.46. The molecule has 90 valence electrons. The summed E-state index contributed by atoms with van der Waals surface area (Å²) in [5.74, 6) is 1.58. The summed E-state index contributed by atoms with van der Waals surface area (Å²) < 4.78 is 5.54. The number of aliphatic hydroxyl groups is 1. The Morgan fingerprint density at radius 1 is 1.38 bits per heavy atom. The quantitative estimate of drug-likeness (QED) is 0.592. The Bertz CT molecular complexity index is 318. The van der Waals surface area contributed by atoms with Gasteiger partial charge in [-0.05, 0) is 19.1 Å². The van der Waals surface area contributed by atoms with Crippen LogP contribution in [0.5, 0.6) is 5.75 Å². The summed E-state index contributed by atoms with van der Waals surface area (Å²) in [6.45, 7) is 4.41. The number of nitrogens with two attached hydrogens (primary N) is 1. The molecule has 0 aliphatic rings. The van der Waals surface area contributed by atoms with Crippen molar-refractivity contribution in [3.05, 3.63) is 24.3 Å². The molecule has 16 heavy (non-hydrogen) atoms. The van der Waals surface area contributed by atoms with Crippen LogP contribution in [0.3, 0.4) is 0 Å². The molecule has 0 aromatic heterocycles. The van der Waals surface area contributed by atoms with Gasteiger partial charge in [-0.2, -0.15) is 11.8 Å². The van der Waals surface area contributed by atoms with Crippen molar-refractivity contribution >= 4 is 17.4 Å². The van der Waals surface area contributed by atoms with Crippen LogP contribution in [-0.4, -0.2) is 28.8 Å². The zero-order valence-electron chi connectivity index (χ0n) is 9.72. The van der Waals surface area contributed by atoms with E-state index in [1.165, 1.54) is 0 Å². The topological polar surface area (TPSA) is 55.5 Å². The largest absolute Gasteiger partial charge is 0.491 e. The van der Waals surface area contributed by atoms with Crippen LogP contribution in [0, 0.1) is 0 Å². The lowest BCUT2D eigenvalue weighted by atomic mass is 10.3. The number of rotatable bonds is 6. The van der Waals surface area contributed by atoms with Crippen LogP contribution >= 0.6 is 11.8 Å². The van der Waals surface area contributed by atoms with Crippen molar-refractivity contribution in [3.8, 4) is 5.75 Å². The maximum absolute atomic E-state index is 9.30. The van der Waals surface area contributed by atoms with Crippen molar-refractivity contribution in [2.24, 2.45) is 0 Å². The van der Waals surface area contributed by atoms with E-state index < -0.39 is 0 Å². The van der Waals surface area contributed by atoms with Crippen LogP contribution < -0.4 is 10.5 Å². The van der Waals surface area contributed by atoms with E-state index in [0.717, 1.165) is 11.5 Å². The molecule has 0 saturated heterocycles. The fourth-order valence-electron chi connectivity index (χ4n) is 1.14. The van der Waals surface area contributed by atoms with E-state index in [-0.39, 0.29) is 11.4 Å². The zero-order chi connectivity index (χ0) is 12.0. The molecule has 0 aliphatic carbocycles. The molecule has 1 rings (SSSR count). The van der Waals surface area contributed by atoms with E-state index in [1.54, 1.807) is 18.7 Å². The van der Waals surface area contributed by atoms with Gasteiger partial charge in [0.25, 0.3) is 0 Å². The minimum Gasteiger partial charge on any atom is -0.491 e. The summed E-state index contributed by atoms with van der Waals surface area (Å²) in [4.78, 5) is 0. The van der Waals surface area contributed by atoms with Crippen molar-refractivity contribution in [2.75, 3.05) is 18.1 Å². The molecular weight excluding hydrogens is 222 g/mol. The fraction of sp³-hybridized carbons (Fsp3) is 0.500. The zero-order valence-corrected chi connectivity index (χ0v) is 10.5. The van der Waals surface area contributed by atoms with Gasteiger partial charge in [0.15, 0.2) is 0 Å². The molecule has 0 saturated carbocycles. The predicted octanol–water partition coefficient (Wildman–Crippen LogP) is 2.15. The highest BCUT2D eigenvalue weighted by Gasteiger charge is 2.08. The summed E-state index contributed by atoms with van der Waals surface area (Å²) >= 11 is 1.69. The Balaban J connectivity index is 2.24. The highest BCUT2D eigenvalue weighted by Crippen LogP contribution is 2.20. The minimum atomic E-state index is -0.285. The van der Waals surface area contributed by atoms with E-state index in [9.17, 15) is 5.11 Å². The molecule has 0 spiro atoms. The lowest BCUT2D eigenvalue weighted by molar-refractivity contribution is 0.196. The molecule has 2 unspecified atom stereocenters. The minimum absolute atomic E-state index is 0.233. The van der Waals surface area contributed by atoms with Gasteiger partial charge in [-0.3, -0.25) is 0 Å². The van der Waals surface area contributed by atoms with Crippen LogP contribution in [0.15, 0.2) is 24.3 Å². The van der Waals surface area contributed by atoms with Crippen molar-refractivity contribution < 1.29 is 9.84 Å². The molecule has 1 aromatic carbocycles. The SMILES string of the molecule is CC(O)C(C)SCCOc1ccccc1N. The number of aliphatic hydroxyl groups excluding tert-OH is 1. The average molecular weight is 241 g/mol. The van der Waals surface area contributed by atoms with Crippen LogP contribution in [0.25, 0.3) is 0 Å². The Kier molecular flexibility index (Phi) is 5.49. The second-order valence-corrected chi connectivity index (χ2v) is 5.19. The Morgan fingerprint density at radius 3 is 2.69 bits per heavy atom. The van der Waals surface area contributed by atoms with E-state index in [1.807, 2.05) is 31.2 Å². The van der Waals surface area contributed by atoms with Crippen LogP contribution in [0.4, 0.5) is 5.69 Å². The van der Waals surface area contributed by atoms with E-state index in [2.05, 4.69) is 0 Å². The molecule has 2 atom stereocenters. The van der Waals surface area contributed by atoms with Gasteiger partial charge >= 0.3 is 0 Å². The van der Waals surface area contributed by atoms with Gasteiger partial charge in [0.2, 0.25) is 0 Å². The molecule has 0 amide bonds. The van der Waals surface area contributed by atoms with Crippen molar-refractivity contribution in [1.82, 2.24) is 0 Å². The van der Waals surface area contributed by atoms with Crippen molar-refractivity contribution in [3.63, 3.8) is 0 Å². The summed E-state index contributed by atoms with van der Waals surface area (Å²) in [5, 5.41) is 9.53. The highest BCUT2D eigenvalue weighted by molar-refractivity contribution is 7.99. The predicted molar refractivity (Wildman–Crippen MR) is 70.0 cm³/mol. The molecule has 4 heteroatoms. The number of benzene rings is 1. The van der Waals surface area contributed by atoms with E-state index >= 15 is 0 Å². The first-order valence-electron chi connectivity index (χ1n) is 5.38. The van der Waals surface area contributed by atoms with Crippen molar-refractivity contribution in [1.29, 1.82) is 0 Å². The van der Waals surface area contributed by atoms with Gasteiger partial charge in [0.1, 0.15) is 5.75 Å². The third kappa shape index (κ3) is 4.33. The molecular formula is C12H19NO2S. The molecule has 0 bridgehead atoms. The Morgan fingerprint density at radius 2 is 2.06 bits per heavy atom. The standard InChI is InChI=1S/C12H19NO2S/c1-9(14)10(2)16-8-7-15-12-6-4-3-5-11(12)13/h3-6,9-10,14H,7-8,13H2,1-2H3. The van der Waals surface area contributed by atoms with Gasteiger partial charge in [0.05, 0.1) is 18.4 Å². The molecule has 0 aliphatic heterocycles. The van der Waals surface area contributed by atoms with Crippen LogP contribution in [-0.2, 0) is 0 Å². The van der Waals surface area contributed by atoms with E-state index in [4.69, 9.17) is 10.5 Å². The second-order valence-electron chi connectivity index (χ2n) is 3.70. The summed E-state index contributed by atoms with van der Waals surface area (Å²) in [7, 11) is 0. The number of nitrogen functional groups attached to an aromatic ring is 1. The molecule has 0 heterocycles. The number of para-hydroxylation sites is 2. The maximum Gasteiger partial charge on any atom is 0.142 e. The molecule has 3 N–H and O–H groups in total. The van der Waals surface area contributed by atoms with Crippen molar-refractivity contribution in [2.45, 2.75) is 25.2 Å². The van der Waals surface area contributed by atoms with E-state index in [0.29, 0.717) is 12.3 Å². The third-order valence-corrected chi connectivity index (χ3v) is 3.64. The third-order valence-electron chi connectivity index (χ3n) is 2.32. The average Bonchev–Trinajstić information content (AvgIpc) is 2.26. The van der Waals surface area contributed by atoms with Gasteiger partial charge in [-0.1, -0.05) is 19.1 Å².